The van der Waals surface area contributed by atoms with Gasteiger partial charge in [0.25, 0.3) is 0 Å². The van der Waals surface area contributed by atoms with Gasteiger partial charge in [-0.05, 0) is 18.6 Å². The molecule has 0 aliphatic rings. The number of benzene rings is 1. The summed E-state index contributed by atoms with van der Waals surface area (Å²) in [7, 11) is 0. The molecule has 20 heavy (non-hydrogen) atoms. The van der Waals surface area contributed by atoms with Crippen LogP contribution in [0, 0.1) is 0 Å². The third-order valence-corrected chi connectivity index (χ3v) is 3.72. The Morgan fingerprint density at radius 3 is 2.45 bits per heavy atom. The second-order valence-electron chi connectivity index (χ2n) is 3.94. The van der Waals surface area contributed by atoms with E-state index in [0.717, 1.165) is 17.4 Å². The van der Waals surface area contributed by atoms with E-state index in [9.17, 15) is 18.0 Å². The fourth-order valence-corrected chi connectivity index (χ4v) is 2.77. The Labute approximate surface area is 117 Å². The Kier molecular flexibility index (Phi) is 4.13. The molecule has 2 nitrogen and oxygen atoms in total. The largest absolute Gasteiger partial charge is 0.462 e. The predicted octanol–water partition coefficient (Wildman–Crippen LogP) is 4.61. The molecule has 0 aliphatic heterocycles. The van der Waals surface area contributed by atoms with Crippen molar-refractivity contribution in [1.82, 2.24) is 0 Å². The van der Waals surface area contributed by atoms with Crippen LogP contribution in [0.3, 0.4) is 0 Å². The van der Waals surface area contributed by atoms with Gasteiger partial charge in [0.15, 0.2) is 0 Å². The van der Waals surface area contributed by atoms with Gasteiger partial charge < -0.3 is 4.74 Å². The number of alkyl halides is 3. The number of hydrogen-bond acceptors (Lipinski definition) is 3. The van der Waals surface area contributed by atoms with Crippen molar-refractivity contribution < 1.29 is 22.7 Å². The second kappa shape index (κ2) is 5.66. The lowest BCUT2D eigenvalue weighted by atomic mass is 10.1. The molecule has 1 aromatic heterocycles. The van der Waals surface area contributed by atoms with Crippen LogP contribution in [0.4, 0.5) is 13.2 Å². The highest BCUT2D eigenvalue weighted by Gasteiger charge is 2.38. The van der Waals surface area contributed by atoms with Crippen molar-refractivity contribution in [2.75, 3.05) is 6.61 Å². The van der Waals surface area contributed by atoms with E-state index in [0.29, 0.717) is 10.4 Å². The number of rotatable bonds is 3. The lowest BCUT2D eigenvalue weighted by molar-refractivity contribution is -0.137. The average molecular weight is 300 g/mol. The Morgan fingerprint density at radius 1 is 1.25 bits per heavy atom. The van der Waals surface area contributed by atoms with Crippen molar-refractivity contribution in [2.45, 2.75) is 13.1 Å². The zero-order valence-corrected chi connectivity index (χ0v) is 11.3. The minimum Gasteiger partial charge on any atom is -0.462 e. The summed E-state index contributed by atoms with van der Waals surface area (Å²) in [5.41, 5.74) is -0.307. The lowest BCUT2D eigenvalue weighted by Gasteiger charge is -2.06. The molecule has 0 radical (unpaired) electrons. The monoisotopic (exact) mass is 300 g/mol. The van der Waals surface area contributed by atoms with Gasteiger partial charge in [-0.3, -0.25) is 0 Å². The van der Waals surface area contributed by atoms with E-state index < -0.39 is 22.6 Å². The summed E-state index contributed by atoms with van der Waals surface area (Å²) in [5.74, 6) is -0.938. The van der Waals surface area contributed by atoms with Crippen molar-refractivity contribution in [3.63, 3.8) is 0 Å². The van der Waals surface area contributed by atoms with Gasteiger partial charge in [-0.1, -0.05) is 30.3 Å². The van der Waals surface area contributed by atoms with Gasteiger partial charge in [-0.25, -0.2) is 4.79 Å². The van der Waals surface area contributed by atoms with Gasteiger partial charge >= 0.3 is 12.1 Å². The number of thiophene rings is 1. The van der Waals surface area contributed by atoms with E-state index in [2.05, 4.69) is 4.74 Å². The molecule has 0 N–H and O–H groups in total. The number of carbonyl (C=O) groups is 1. The van der Waals surface area contributed by atoms with E-state index in [1.165, 1.54) is 0 Å². The lowest BCUT2D eigenvalue weighted by Crippen LogP contribution is -2.12. The van der Waals surface area contributed by atoms with Crippen LogP contribution in [-0.4, -0.2) is 12.6 Å². The maximum Gasteiger partial charge on any atom is 0.418 e. The molecule has 0 aliphatic carbocycles. The first-order valence-corrected chi connectivity index (χ1v) is 6.68. The first-order chi connectivity index (χ1) is 9.43. The fraction of sp³-hybridized carbons (Fsp3) is 0.214. The molecule has 2 aromatic rings. The number of ether oxygens (including phenoxy) is 1. The van der Waals surface area contributed by atoms with Gasteiger partial charge in [0.1, 0.15) is 4.88 Å². The molecule has 0 saturated carbocycles. The van der Waals surface area contributed by atoms with E-state index in [1.807, 2.05) is 0 Å². The molecular formula is C14H11F3O2S. The van der Waals surface area contributed by atoms with Crippen LogP contribution in [0.25, 0.3) is 10.4 Å². The molecule has 0 amide bonds. The maximum absolute atomic E-state index is 13.0. The predicted molar refractivity (Wildman–Crippen MR) is 70.7 cm³/mol. The highest BCUT2D eigenvalue weighted by molar-refractivity contribution is 7.17. The summed E-state index contributed by atoms with van der Waals surface area (Å²) in [5, 5.41) is 0. The summed E-state index contributed by atoms with van der Waals surface area (Å²) in [6, 6.07) is 9.61. The minimum absolute atomic E-state index is 0.0364. The summed E-state index contributed by atoms with van der Waals surface area (Å²) in [4.78, 5) is 11.6. The number of esters is 1. The topological polar surface area (TPSA) is 26.3 Å². The van der Waals surface area contributed by atoms with Crippen LogP contribution < -0.4 is 0 Å². The van der Waals surface area contributed by atoms with Gasteiger partial charge in [-0.2, -0.15) is 13.2 Å². The minimum atomic E-state index is -4.58. The summed E-state index contributed by atoms with van der Waals surface area (Å²) in [6.45, 7) is 1.59. The molecule has 0 saturated heterocycles. The average Bonchev–Trinajstić information content (AvgIpc) is 2.85. The van der Waals surface area contributed by atoms with Gasteiger partial charge in [0.2, 0.25) is 0 Å². The van der Waals surface area contributed by atoms with Crippen molar-refractivity contribution >= 4 is 17.3 Å². The van der Waals surface area contributed by atoms with Crippen molar-refractivity contribution in [3.8, 4) is 10.4 Å². The van der Waals surface area contributed by atoms with Crippen LogP contribution in [0.5, 0.6) is 0 Å². The molecule has 0 unspecified atom stereocenters. The van der Waals surface area contributed by atoms with E-state index >= 15 is 0 Å². The maximum atomic E-state index is 13.0. The van der Waals surface area contributed by atoms with Gasteiger partial charge in [0.05, 0.1) is 12.2 Å². The van der Waals surface area contributed by atoms with Crippen molar-refractivity contribution in [3.05, 3.63) is 46.8 Å². The summed E-state index contributed by atoms with van der Waals surface area (Å²) in [6.07, 6.45) is -4.58. The number of carbonyl (C=O) groups excluding carboxylic acids is 1. The van der Waals surface area contributed by atoms with E-state index in [-0.39, 0.29) is 6.61 Å². The highest BCUT2D eigenvalue weighted by Crippen LogP contribution is 2.40. The first kappa shape index (κ1) is 14.6. The highest BCUT2D eigenvalue weighted by atomic mass is 32.1. The van der Waals surface area contributed by atoms with Crippen LogP contribution >= 0.6 is 11.3 Å². The smallest absolute Gasteiger partial charge is 0.418 e. The van der Waals surface area contributed by atoms with Crippen LogP contribution in [0.1, 0.15) is 22.2 Å². The molecule has 0 spiro atoms. The Morgan fingerprint density at radius 2 is 1.90 bits per heavy atom. The van der Waals surface area contributed by atoms with Crippen LogP contribution in [-0.2, 0) is 10.9 Å². The van der Waals surface area contributed by atoms with Gasteiger partial charge in [0, 0.05) is 4.88 Å². The van der Waals surface area contributed by atoms with Crippen LogP contribution in [0.2, 0.25) is 0 Å². The molecule has 1 aromatic carbocycles. The standard InChI is InChI=1S/C14H11F3O2S/c1-2-19-13(18)12-10(14(15,16)17)8-11(20-12)9-6-4-3-5-7-9/h3-8H,2H2,1H3. The van der Waals surface area contributed by atoms with Crippen molar-refractivity contribution in [2.24, 2.45) is 0 Å². The number of hydrogen-bond donors (Lipinski definition) is 0. The third kappa shape index (κ3) is 3.01. The second-order valence-corrected chi connectivity index (χ2v) is 4.99. The molecule has 1 heterocycles. The quantitative estimate of drug-likeness (QED) is 0.774. The zero-order valence-electron chi connectivity index (χ0n) is 10.5. The molecule has 0 fully saturated rings. The molecule has 6 heteroatoms. The molecular weight excluding hydrogens is 289 g/mol. The van der Waals surface area contributed by atoms with Crippen LogP contribution in [0.15, 0.2) is 36.4 Å². The molecule has 0 atom stereocenters. The first-order valence-electron chi connectivity index (χ1n) is 5.87. The molecule has 0 bridgehead atoms. The normalized spacial score (nSPS) is 11.4. The summed E-state index contributed by atoms with van der Waals surface area (Å²) >= 11 is 0.793. The van der Waals surface area contributed by atoms with E-state index in [1.54, 1.807) is 37.3 Å². The number of halogens is 3. The molecule has 106 valence electrons. The van der Waals surface area contributed by atoms with E-state index in [4.69, 9.17) is 0 Å². The third-order valence-electron chi connectivity index (χ3n) is 2.56. The summed E-state index contributed by atoms with van der Waals surface area (Å²) < 4.78 is 43.6. The Bertz CT molecular complexity index is 603. The SMILES string of the molecule is CCOC(=O)c1sc(-c2ccccc2)cc1C(F)(F)F. The van der Waals surface area contributed by atoms with Gasteiger partial charge in [-0.15, -0.1) is 11.3 Å². The fourth-order valence-electron chi connectivity index (χ4n) is 1.69. The Hall–Kier alpha value is -1.82. The molecule has 2 rings (SSSR count). The zero-order chi connectivity index (χ0) is 14.8. The van der Waals surface area contributed by atoms with Crippen molar-refractivity contribution in [1.29, 1.82) is 0 Å². The Balaban J connectivity index is 2.50.